The van der Waals surface area contributed by atoms with Gasteiger partial charge in [-0.1, -0.05) is 18.2 Å². The second kappa shape index (κ2) is 6.02. The van der Waals surface area contributed by atoms with E-state index < -0.39 is 17.5 Å². The van der Waals surface area contributed by atoms with Crippen LogP contribution < -0.4 is 0 Å². The summed E-state index contributed by atoms with van der Waals surface area (Å²) < 4.78 is 7.05. The minimum atomic E-state index is -0.743. The second-order valence-electron chi connectivity index (χ2n) is 5.80. The molecule has 5 nitrogen and oxygen atoms in total. The summed E-state index contributed by atoms with van der Waals surface area (Å²) in [6, 6.07) is 13.4. The summed E-state index contributed by atoms with van der Waals surface area (Å²) in [6.45, 7) is 7.05. The van der Waals surface area contributed by atoms with Crippen LogP contribution in [0.15, 0.2) is 36.4 Å². The molecule has 0 aliphatic carbocycles. The number of hydrogen-bond acceptors (Lipinski definition) is 4. The highest BCUT2D eigenvalue weighted by Crippen LogP contribution is 2.23. The van der Waals surface area contributed by atoms with Crippen molar-refractivity contribution in [3.63, 3.8) is 0 Å². The Labute approximate surface area is 130 Å². The van der Waals surface area contributed by atoms with Gasteiger partial charge in [-0.25, -0.2) is 9.48 Å². The number of hydrogen-bond donors (Lipinski definition) is 0. The van der Waals surface area contributed by atoms with Gasteiger partial charge in [0.25, 0.3) is 0 Å². The van der Waals surface area contributed by atoms with Crippen LogP contribution in [-0.4, -0.2) is 21.9 Å². The molecular weight excluding hydrogens is 278 g/mol. The molecule has 0 fully saturated rings. The molecule has 0 radical (unpaired) electrons. The van der Waals surface area contributed by atoms with Gasteiger partial charge in [0.05, 0.1) is 17.2 Å². The predicted octanol–water partition coefficient (Wildman–Crippen LogP) is 3.28. The number of nitrogens with zero attached hydrogens (tertiary/aromatic N) is 3. The van der Waals surface area contributed by atoms with Crippen molar-refractivity contribution in [3.05, 3.63) is 47.8 Å². The lowest BCUT2D eigenvalue weighted by molar-refractivity contribution is 0.0122. The molecule has 2 aromatic rings. The fourth-order valence-electron chi connectivity index (χ4n) is 1.86. The van der Waals surface area contributed by atoms with Crippen molar-refractivity contribution in [2.45, 2.75) is 33.8 Å². The van der Waals surface area contributed by atoms with Crippen molar-refractivity contribution in [2.24, 2.45) is 5.41 Å². The van der Waals surface area contributed by atoms with Gasteiger partial charge in [-0.15, -0.1) is 0 Å². The fraction of sp³-hybridized carbons (Fsp3) is 0.353. The van der Waals surface area contributed by atoms with E-state index in [4.69, 9.17) is 10.00 Å². The van der Waals surface area contributed by atoms with Crippen molar-refractivity contribution in [2.75, 3.05) is 0 Å². The Balaban J connectivity index is 2.21. The molecule has 0 N–H and O–H groups in total. The average Bonchev–Trinajstić information content (AvgIpc) is 2.90. The minimum absolute atomic E-state index is 0.238. The first-order valence-corrected chi connectivity index (χ1v) is 7.09. The Morgan fingerprint density at radius 1 is 1.36 bits per heavy atom. The lowest BCUT2D eigenvalue weighted by Gasteiger charge is -2.23. The maximum Gasteiger partial charge on any atom is 0.359 e. The molecule has 1 aromatic heterocycles. The van der Waals surface area contributed by atoms with E-state index >= 15 is 0 Å². The number of benzene rings is 1. The molecule has 1 aromatic carbocycles. The zero-order valence-electron chi connectivity index (χ0n) is 13.2. The number of rotatable bonds is 4. The van der Waals surface area contributed by atoms with Crippen molar-refractivity contribution in [1.82, 2.24) is 9.78 Å². The van der Waals surface area contributed by atoms with Crippen LogP contribution in [0.1, 0.15) is 37.0 Å². The largest absolute Gasteiger partial charge is 0.456 e. The van der Waals surface area contributed by atoms with Crippen molar-refractivity contribution in [3.8, 4) is 11.8 Å². The smallest absolute Gasteiger partial charge is 0.359 e. The first kappa shape index (κ1) is 15.8. The Morgan fingerprint density at radius 3 is 2.59 bits per heavy atom. The Kier molecular flexibility index (Phi) is 4.32. The van der Waals surface area contributed by atoms with E-state index in [9.17, 15) is 4.79 Å². The zero-order valence-corrected chi connectivity index (χ0v) is 13.2. The van der Waals surface area contributed by atoms with Gasteiger partial charge in [0.1, 0.15) is 6.10 Å². The number of esters is 1. The molecular formula is C17H19N3O2. The Hall–Kier alpha value is -2.61. The lowest BCUT2D eigenvalue weighted by atomic mass is 9.89. The van der Waals surface area contributed by atoms with E-state index in [1.807, 2.05) is 37.3 Å². The number of carbonyl (C=O) groups is 1. The van der Waals surface area contributed by atoms with Crippen LogP contribution >= 0.6 is 0 Å². The van der Waals surface area contributed by atoms with Crippen LogP contribution in [0.3, 0.4) is 0 Å². The summed E-state index contributed by atoms with van der Waals surface area (Å²) >= 11 is 0. The molecule has 0 unspecified atom stereocenters. The number of nitriles is 1. The number of carbonyl (C=O) groups excluding carboxylic acids is 1. The van der Waals surface area contributed by atoms with Crippen molar-refractivity contribution < 1.29 is 9.53 Å². The molecule has 0 saturated carbocycles. The van der Waals surface area contributed by atoms with Gasteiger partial charge in [-0.3, -0.25) is 0 Å². The minimum Gasteiger partial charge on any atom is -0.456 e. The number of ether oxygens (including phenoxy) is 1. The molecule has 0 aliphatic rings. The summed E-state index contributed by atoms with van der Waals surface area (Å²) in [5, 5.41) is 13.4. The van der Waals surface area contributed by atoms with Gasteiger partial charge in [0.2, 0.25) is 0 Å². The summed E-state index contributed by atoms with van der Waals surface area (Å²) in [6.07, 6.45) is -0.521. The third-order valence-electron chi connectivity index (χ3n) is 3.69. The summed E-state index contributed by atoms with van der Waals surface area (Å²) in [7, 11) is 0. The number of para-hydroxylation sites is 1. The second-order valence-corrected chi connectivity index (χ2v) is 5.80. The summed E-state index contributed by atoms with van der Waals surface area (Å²) in [4.78, 5) is 12.2. The third-order valence-corrected chi connectivity index (χ3v) is 3.69. The quantitative estimate of drug-likeness (QED) is 0.812. The average molecular weight is 297 g/mol. The Morgan fingerprint density at radius 2 is 2.00 bits per heavy atom. The van der Waals surface area contributed by atoms with Crippen LogP contribution in [0.5, 0.6) is 0 Å². The molecule has 114 valence electrons. The maximum atomic E-state index is 12.2. The highest BCUT2D eigenvalue weighted by atomic mass is 16.5. The monoisotopic (exact) mass is 297 g/mol. The predicted molar refractivity (Wildman–Crippen MR) is 82.6 cm³/mol. The topological polar surface area (TPSA) is 67.9 Å². The van der Waals surface area contributed by atoms with E-state index in [1.165, 1.54) is 0 Å². The van der Waals surface area contributed by atoms with Gasteiger partial charge in [0.15, 0.2) is 5.69 Å². The molecule has 0 aliphatic heterocycles. The standard InChI is InChI=1S/C17H19N3O2/c1-12-10-15(16(21)22-13(2)17(3,4)11-18)19-20(12)14-8-6-5-7-9-14/h5-10,13H,1-4H3/t13-/m0/s1. The van der Waals surface area contributed by atoms with Crippen LogP contribution in [0.25, 0.3) is 5.69 Å². The molecule has 0 spiro atoms. The number of aromatic nitrogens is 2. The van der Waals surface area contributed by atoms with Gasteiger partial charge in [-0.05, 0) is 45.9 Å². The molecule has 22 heavy (non-hydrogen) atoms. The van der Waals surface area contributed by atoms with Gasteiger partial charge in [0, 0.05) is 5.69 Å². The number of aryl methyl sites for hydroxylation is 1. The van der Waals surface area contributed by atoms with E-state index in [0.717, 1.165) is 11.4 Å². The van der Waals surface area contributed by atoms with Crippen molar-refractivity contribution >= 4 is 5.97 Å². The molecule has 2 rings (SSSR count). The van der Waals surface area contributed by atoms with Crippen molar-refractivity contribution in [1.29, 1.82) is 5.26 Å². The zero-order chi connectivity index (χ0) is 16.3. The van der Waals surface area contributed by atoms with Gasteiger partial charge >= 0.3 is 5.97 Å². The van der Waals surface area contributed by atoms with E-state index in [0.29, 0.717) is 0 Å². The summed E-state index contributed by atoms with van der Waals surface area (Å²) in [5.41, 5.74) is 1.21. The van der Waals surface area contributed by atoms with E-state index in [1.54, 1.807) is 31.5 Å². The van der Waals surface area contributed by atoms with Crippen LogP contribution in [0, 0.1) is 23.7 Å². The highest BCUT2D eigenvalue weighted by molar-refractivity contribution is 5.87. The first-order valence-electron chi connectivity index (χ1n) is 7.09. The molecule has 1 atom stereocenters. The SMILES string of the molecule is Cc1cc(C(=O)O[C@@H](C)C(C)(C)C#N)nn1-c1ccccc1. The highest BCUT2D eigenvalue weighted by Gasteiger charge is 2.30. The fourth-order valence-corrected chi connectivity index (χ4v) is 1.86. The molecule has 1 heterocycles. The first-order chi connectivity index (χ1) is 10.3. The molecule has 5 heteroatoms. The maximum absolute atomic E-state index is 12.2. The van der Waals surface area contributed by atoms with Crippen LogP contribution in [0.4, 0.5) is 0 Å². The summed E-state index contributed by atoms with van der Waals surface area (Å²) in [5.74, 6) is -0.520. The van der Waals surface area contributed by atoms with E-state index in [-0.39, 0.29) is 5.69 Å². The van der Waals surface area contributed by atoms with E-state index in [2.05, 4.69) is 11.2 Å². The molecule has 0 saturated heterocycles. The van der Waals surface area contributed by atoms with Gasteiger partial charge in [-0.2, -0.15) is 10.4 Å². The normalized spacial score (nSPS) is 12.5. The molecule has 0 bridgehead atoms. The van der Waals surface area contributed by atoms with Crippen LogP contribution in [0.2, 0.25) is 0 Å². The Bertz CT molecular complexity index is 711. The lowest BCUT2D eigenvalue weighted by Crippen LogP contribution is -2.30. The third kappa shape index (κ3) is 3.17. The van der Waals surface area contributed by atoms with Crippen LogP contribution in [-0.2, 0) is 4.74 Å². The molecule has 0 amide bonds. The van der Waals surface area contributed by atoms with Gasteiger partial charge < -0.3 is 4.74 Å².